The van der Waals surface area contributed by atoms with E-state index in [-0.39, 0.29) is 12.2 Å². The maximum atomic E-state index is 11.0. The molecule has 0 spiro atoms. The SMILES string of the molecule is CCCCC(CC(=O)CC)C(=O)O. The summed E-state index contributed by atoms with van der Waals surface area (Å²) in [5, 5.41) is 8.79. The van der Waals surface area contributed by atoms with Crippen molar-refractivity contribution in [3.05, 3.63) is 0 Å². The van der Waals surface area contributed by atoms with Gasteiger partial charge < -0.3 is 5.11 Å². The Labute approximate surface area is 79.1 Å². The zero-order valence-corrected chi connectivity index (χ0v) is 8.38. The molecule has 1 atom stereocenters. The van der Waals surface area contributed by atoms with Gasteiger partial charge in [0.05, 0.1) is 5.92 Å². The van der Waals surface area contributed by atoms with Crippen LogP contribution in [0.25, 0.3) is 0 Å². The van der Waals surface area contributed by atoms with E-state index in [0.29, 0.717) is 12.8 Å². The Balaban J connectivity index is 3.94. The number of carbonyl (C=O) groups is 2. The van der Waals surface area contributed by atoms with Gasteiger partial charge in [-0.15, -0.1) is 0 Å². The van der Waals surface area contributed by atoms with Crippen molar-refractivity contribution in [2.45, 2.75) is 46.0 Å². The Bertz CT molecular complexity index is 175. The number of hydrogen-bond donors (Lipinski definition) is 1. The third-order valence-electron chi connectivity index (χ3n) is 2.12. The Morgan fingerprint density at radius 1 is 1.31 bits per heavy atom. The maximum absolute atomic E-state index is 11.0. The number of Topliss-reactive ketones (excluding diaryl/α,β-unsaturated/α-hetero) is 1. The highest BCUT2D eigenvalue weighted by Crippen LogP contribution is 2.14. The van der Waals surface area contributed by atoms with E-state index < -0.39 is 11.9 Å². The summed E-state index contributed by atoms with van der Waals surface area (Å²) in [7, 11) is 0. The molecule has 0 aliphatic carbocycles. The lowest BCUT2D eigenvalue weighted by Gasteiger charge is -2.09. The molecule has 1 unspecified atom stereocenters. The first-order chi connectivity index (χ1) is 6.11. The molecule has 13 heavy (non-hydrogen) atoms. The molecule has 0 aromatic carbocycles. The number of ketones is 1. The van der Waals surface area contributed by atoms with Crippen LogP contribution in [0.5, 0.6) is 0 Å². The van der Waals surface area contributed by atoms with E-state index in [9.17, 15) is 9.59 Å². The van der Waals surface area contributed by atoms with Crippen molar-refractivity contribution in [2.24, 2.45) is 5.92 Å². The molecule has 0 aliphatic heterocycles. The molecular formula is C10H18O3. The van der Waals surface area contributed by atoms with Crippen molar-refractivity contribution in [1.29, 1.82) is 0 Å². The fraction of sp³-hybridized carbons (Fsp3) is 0.800. The quantitative estimate of drug-likeness (QED) is 0.663. The smallest absolute Gasteiger partial charge is 0.306 e. The van der Waals surface area contributed by atoms with Crippen LogP contribution in [-0.4, -0.2) is 16.9 Å². The predicted molar refractivity (Wildman–Crippen MR) is 50.6 cm³/mol. The van der Waals surface area contributed by atoms with Crippen LogP contribution in [0, 0.1) is 5.92 Å². The summed E-state index contributed by atoms with van der Waals surface area (Å²) in [5.74, 6) is -1.26. The fourth-order valence-corrected chi connectivity index (χ4v) is 1.18. The molecule has 76 valence electrons. The van der Waals surface area contributed by atoms with Gasteiger partial charge in [0.1, 0.15) is 5.78 Å². The predicted octanol–water partition coefficient (Wildman–Crippen LogP) is 2.25. The minimum Gasteiger partial charge on any atom is -0.481 e. The van der Waals surface area contributed by atoms with Gasteiger partial charge in [-0.1, -0.05) is 26.7 Å². The molecule has 0 radical (unpaired) electrons. The lowest BCUT2D eigenvalue weighted by atomic mass is 9.96. The first-order valence-electron chi connectivity index (χ1n) is 4.86. The summed E-state index contributed by atoms with van der Waals surface area (Å²) >= 11 is 0. The Kier molecular flexibility index (Phi) is 6.20. The highest BCUT2D eigenvalue weighted by molar-refractivity contribution is 5.83. The molecule has 3 heteroatoms. The number of carboxylic acids is 1. The number of carboxylic acid groups (broad SMARTS) is 1. The molecule has 0 saturated heterocycles. The normalized spacial score (nSPS) is 12.5. The molecule has 0 aromatic heterocycles. The van der Waals surface area contributed by atoms with Crippen LogP contribution in [0.15, 0.2) is 0 Å². The number of rotatable bonds is 7. The molecule has 0 fully saturated rings. The van der Waals surface area contributed by atoms with Crippen LogP contribution in [0.4, 0.5) is 0 Å². The lowest BCUT2D eigenvalue weighted by Crippen LogP contribution is -2.17. The third-order valence-corrected chi connectivity index (χ3v) is 2.12. The van der Waals surface area contributed by atoms with Crippen molar-refractivity contribution < 1.29 is 14.7 Å². The van der Waals surface area contributed by atoms with E-state index in [1.807, 2.05) is 6.92 Å². The summed E-state index contributed by atoms with van der Waals surface area (Å²) in [5.41, 5.74) is 0. The van der Waals surface area contributed by atoms with Crippen LogP contribution in [-0.2, 0) is 9.59 Å². The van der Waals surface area contributed by atoms with Gasteiger partial charge in [0.25, 0.3) is 0 Å². The van der Waals surface area contributed by atoms with Crippen molar-refractivity contribution >= 4 is 11.8 Å². The average molecular weight is 186 g/mol. The van der Waals surface area contributed by atoms with Crippen LogP contribution in [0.3, 0.4) is 0 Å². The Hall–Kier alpha value is -0.860. The summed E-state index contributed by atoms with van der Waals surface area (Å²) in [6.45, 7) is 3.78. The van der Waals surface area contributed by atoms with Crippen molar-refractivity contribution in [1.82, 2.24) is 0 Å². The Morgan fingerprint density at radius 3 is 2.31 bits per heavy atom. The van der Waals surface area contributed by atoms with E-state index in [1.165, 1.54) is 0 Å². The van der Waals surface area contributed by atoms with Gasteiger partial charge >= 0.3 is 5.97 Å². The largest absolute Gasteiger partial charge is 0.481 e. The fourth-order valence-electron chi connectivity index (χ4n) is 1.18. The Morgan fingerprint density at radius 2 is 1.92 bits per heavy atom. The highest BCUT2D eigenvalue weighted by Gasteiger charge is 2.19. The first kappa shape index (κ1) is 12.1. The van der Waals surface area contributed by atoms with Crippen LogP contribution in [0.2, 0.25) is 0 Å². The molecule has 0 aliphatic rings. The molecule has 0 rings (SSSR count). The number of carbonyl (C=O) groups excluding carboxylic acids is 1. The van der Waals surface area contributed by atoms with E-state index in [0.717, 1.165) is 12.8 Å². The van der Waals surface area contributed by atoms with Crippen LogP contribution >= 0.6 is 0 Å². The van der Waals surface area contributed by atoms with Gasteiger partial charge in [0.2, 0.25) is 0 Å². The van der Waals surface area contributed by atoms with E-state index in [2.05, 4.69) is 0 Å². The second kappa shape index (κ2) is 6.63. The summed E-state index contributed by atoms with van der Waals surface area (Å²) in [6, 6.07) is 0. The van der Waals surface area contributed by atoms with Crippen molar-refractivity contribution in [3.8, 4) is 0 Å². The van der Waals surface area contributed by atoms with Gasteiger partial charge in [-0.2, -0.15) is 0 Å². The van der Waals surface area contributed by atoms with Crippen molar-refractivity contribution in [3.63, 3.8) is 0 Å². The lowest BCUT2D eigenvalue weighted by molar-refractivity contribution is -0.144. The maximum Gasteiger partial charge on any atom is 0.306 e. The van der Waals surface area contributed by atoms with E-state index >= 15 is 0 Å². The van der Waals surface area contributed by atoms with Crippen molar-refractivity contribution in [2.75, 3.05) is 0 Å². The van der Waals surface area contributed by atoms with E-state index in [1.54, 1.807) is 6.92 Å². The topological polar surface area (TPSA) is 54.4 Å². The summed E-state index contributed by atoms with van der Waals surface area (Å²) < 4.78 is 0. The van der Waals surface area contributed by atoms with E-state index in [4.69, 9.17) is 5.11 Å². The third kappa shape index (κ3) is 5.39. The highest BCUT2D eigenvalue weighted by atomic mass is 16.4. The molecule has 0 amide bonds. The van der Waals surface area contributed by atoms with Gasteiger partial charge in [0.15, 0.2) is 0 Å². The minimum absolute atomic E-state index is 0.0449. The monoisotopic (exact) mass is 186 g/mol. The average Bonchev–Trinajstić information content (AvgIpc) is 2.11. The van der Waals surface area contributed by atoms with Crippen LogP contribution < -0.4 is 0 Å². The second-order valence-electron chi connectivity index (χ2n) is 3.27. The molecular weight excluding hydrogens is 168 g/mol. The molecule has 1 N–H and O–H groups in total. The van der Waals surface area contributed by atoms with Crippen LogP contribution in [0.1, 0.15) is 46.0 Å². The number of unbranched alkanes of at least 4 members (excludes halogenated alkanes) is 1. The summed E-state index contributed by atoms with van der Waals surface area (Å²) in [6.07, 6.45) is 3.12. The standard InChI is InChI=1S/C10H18O3/c1-3-5-6-8(10(12)13)7-9(11)4-2/h8H,3-7H2,1-2H3,(H,12,13). The van der Waals surface area contributed by atoms with Gasteiger partial charge in [-0.25, -0.2) is 0 Å². The van der Waals surface area contributed by atoms with Gasteiger partial charge in [-0.05, 0) is 6.42 Å². The molecule has 0 saturated carbocycles. The molecule has 0 aromatic rings. The van der Waals surface area contributed by atoms with Gasteiger partial charge in [0, 0.05) is 12.8 Å². The molecule has 3 nitrogen and oxygen atoms in total. The summed E-state index contributed by atoms with van der Waals surface area (Å²) in [4.78, 5) is 21.7. The minimum atomic E-state index is -0.838. The van der Waals surface area contributed by atoms with Gasteiger partial charge in [-0.3, -0.25) is 9.59 Å². The second-order valence-corrected chi connectivity index (χ2v) is 3.27. The number of hydrogen-bond acceptors (Lipinski definition) is 2. The molecule has 0 bridgehead atoms. The number of aliphatic carboxylic acids is 1. The first-order valence-corrected chi connectivity index (χ1v) is 4.86. The zero-order valence-electron chi connectivity index (χ0n) is 8.38. The zero-order chi connectivity index (χ0) is 10.3. The molecule has 0 heterocycles.